The third-order valence-electron chi connectivity index (χ3n) is 4.71. The number of hydrogen-bond acceptors (Lipinski definition) is 3. The summed E-state index contributed by atoms with van der Waals surface area (Å²) in [6, 6.07) is 8.55. The van der Waals surface area contributed by atoms with Crippen LogP contribution in [0.5, 0.6) is 5.75 Å². The minimum Gasteiger partial charge on any atom is -0.497 e. The molecule has 1 aliphatic rings. The number of ether oxygens (including phenoxy) is 1. The Morgan fingerprint density at radius 3 is 2.35 bits per heavy atom. The van der Waals surface area contributed by atoms with E-state index >= 15 is 0 Å². The fourth-order valence-corrected chi connectivity index (χ4v) is 3.53. The van der Waals surface area contributed by atoms with Crippen LogP contribution in [0.25, 0.3) is 0 Å². The van der Waals surface area contributed by atoms with E-state index in [1.54, 1.807) is 7.11 Å². The molecule has 3 N–H and O–H groups in total. The molecule has 1 unspecified atom stereocenters. The Morgan fingerprint density at radius 2 is 1.85 bits per heavy atom. The van der Waals surface area contributed by atoms with Crippen molar-refractivity contribution in [3.63, 3.8) is 0 Å². The van der Waals surface area contributed by atoms with Crippen LogP contribution in [0, 0.1) is 11.8 Å². The lowest BCUT2D eigenvalue weighted by atomic mass is 9.75. The molecule has 2 rings (SSSR count). The van der Waals surface area contributed by atoms with Gasteiger partial charge in [-0.05, 0) is 42.4 Å². The second kappa shape index (κ2) is 7.65. The predicted octanol–water partition coefficient (Wildman–Crippen LogP) is 3.81. The highest BCUT2D eigenvalue weighted by Crippen LogP contribution is 2.38. The molecule has 112 valence electrons. The largest absolute Gasteiger partial charge is 0.497 e. The van der Waals surface area contributed by atoms with Gasteiger partial charge in [-0.25, -0.2) is 0 Å². The summed E-state index contributed by atoms with van der Waals surface area (Å²) in [6.07, 6.45) is 7.97. The zero-order valence-electron chi connectivity index (χ0n) is 12.8. The number of nitrogens with two attached hydrogens (primary N) is 1. The van der Waals surface area contributed by atoms with E-state index in [9.17, 15) is 0 Å². The lowest BCUT2D eigenvalue weighted by Gasteiger charge is -2.33. The third kappa shape index (κ3) is 3.74. The minimum absolute atomic E-state index is 0.267. The van der Waals surface area contributed by atoms with Gasteiger partial charge in [0, 0.05) is 6.04 Å². The Labute approximate surface area is 122 Å². The zero-order chi connectivity index (χ0) is 14.4. The van der Waals surface area contributed by atoms with Crippen LogP contribution in [-0.4, -0.2) is 7.11 Å². The van der Waals surface area contributed by atoms with Crippen molar-refractivity contribution < 1.29 is 4.74 Å². The van der Waals surface area contributed by atoms with E-state index in [4.69, 9.17) is 10.6 Å². The van der Waals surface area contributed by atoms with Crippen LogP contribution in [-0.2, 0) is 0 Å². The molecule has 0 saturated heterocycles. The van der Waals surface area contributed by atoms with Crippen LogP contribution in [0.15, 0.2) is 24.3 Å². The number of hydrogen-bond donors (Lipinski definition) is 2. The molecule has 0 aliphatic heterocycles. The van der Waals surface area contributed by atoms with Crippen molar-refractivity contribution in [3.8, 4) is 5.75 Å². The maximum Gasteiger partial charge on any atom is 0.118 e. The first kappa shape index (κ1) is 15.3. The highest BCUT2D eigenvalue weighted by molar-refractivity contribution is 5.29. The van der Waals surface area contributed by atoms with Gasteiger partial charge in [0.2, 0.25) is 0 Å². The minimum atomic E-state index is 0.267. The quantitative estimate of drug-likeness (QED) is 0.613. The van der Waals surface area contributed by atoms with Crippen molar-refractivity contribution in [1.29, 1.82) is 0 Å². The highest BCUT2D eigenvalue weighted by atomic mass is 16.5. The van der Waals surface area contributed by atoms with Crippen LogP contribution in [0.1, 0.15) is 57.1 Å². The van der Waals surface area contributed by atoms with Crippen LogP contribution in [0.2, 0.25) is 0 Å². The topological polar surface area (TPSA) is 47.3 Å². The van der Waals surface area contributed by atoms with Crippen molar-refractivity contribution >= 4 is 0 Å². The van der Waals surface area contributed by atoms with E-state index in [1.807, 2.05) is 12.1 Å². The van der Waals surface area contributed by atoms with Gasteiger partial charge in [0.25, 0.3) is 0 Å². The number of methoxy groups -OCH3 is 1. The molecule has 0 bridgehead atoms. The predicted molar refractivity (Wildman–Crippen MR) is 83.4 cm³/mol. The lowest BCUT2D eigenvalue weighted by Crippen LogP contribution is -2.35. The van der Waals surface area contributed by atoms with Crippen molar-refractivity contribution in [2.24, 2.45) is 17.7 Å². The summed E-state index contributed by atoms with van der Waals surface area (Å²) in [6.45, 7) is 2.29. The summed E-state index contributed by atoms with van der Waals surface area (Å²) in [5.41, 5.74) is 4.30. The van der Waals surface area contributed by atoms with Gasteiger partial charge in [-0.3, -0.25) is 11.3 Å². The van der Waals surface area contributed by atoms with Crippen molar-refractivity contribution in [2.45, 2.75) is 51.5 Å². The molecule has 1 aliphatic carbocycles. The first-order chi connectivity index (χ1) is 9.78. The SMILES string of the molecule is CCCC1CCC(C(NN)c2ccc(OC)cc2)CC1. The van der Waals surface area contributed by atoms with Crippen molar-refractivity contribution in [2.75, 3.05) is 7.11 Å². The van der Waals surface area contributed by atoms with E-state index in [0.717, 1.165) is 11.7 Å². The van der Waals surface area contributed by atoms with Gasteiger partial charge in [0.05, 0.1) is 7.11 Å². The molecule has 1 saturated carbocycles. The van der Waals surface area contributed by atoms with E-state index < -0.39 is 0 Å². The van der Waals surface area contributed by atoms with Gasteiger partial charge >= 0.3 is 0 Å². The van der Waals surface area contributed by atoms with Crippen LogP contribution in [0.4, 0.5) is 0 Å². The lowest BCUT2D eigenvalue weighted by molar-refractivity contribution is 0.215. The van der Waals surface area contributed by atoms with Gasteiger partial charge < -0.3 is 4.74 Å². The molecule has 0 amide bonds. The second-order valence-corrected chi connectivity index (χ2v) is 5.99. The van der Waals surface area contributed by atoms with Gasteiger partial charge in [-0.15, -0.1) is 0 Å². The highest BCUT2D eigenvalue weighted by Gasteiger charge is 2.27. The van der Waals surface area contributed by atoms with Gasteiger partial charge in [0.1, 0.15) is 5.75 Å². The second-order valence-electron chi connectivity index (χ2n) is 5.99. The molecule has 0 radical (unpaired) electrons. The molecule has 1 aromatic carbocycles. The number of hydrazine groups is 1. The van der Waals surface area contributed by atoms with Crippen molar-refractivity contribution in [3.05, 3.63) is 29.8 Å². The first-order valence-electron chi connectivity index (χ1n) is 7.88. The summed E-state index contributed by atoms with van der Waals surface area (Å²) in [5.74, 6) is 8.31. The molecule has 20 heavy (non-hydrogen) atoms. The molecule has 0 heterocycles. The van der Waals surface area contributed by atoms with Crippen LogP contribution >= 0.6 is 0 Å². The summed E-state index contributed by atoms with van der Waals surface area (Å²) in [5, 5.41) is 0. The standard InChI is InChI=1S/C17H28N2O/c1-3-4-13-5-7-14(8-6-13)17(19-18)15-9-11-16(20-2)12-10-15/h9-14,17,19H,3-8,18H2,1-2H3. The maximum absolute atomic E-state index is 5.82. The summed E-state index contributed by atoms with van der Waals surface area (Å²) in [7, 11) is 1.70. The zero-order valence-corrected chi connectivity index (χ0v) is 12.8. The first-order valence-corrected chi connectivity index (χ1v) is 7.88. The normalized spacial score (nSPS) is 24.4. The summed E-state index contributed by atoms with van der Waals surface area (Å²) >= 11 is 0. The smallest absolute Gasteiger partial charge is 0.118 e. The Hall–Kier alpha value is -1.06. The molecule has 0 spiro atoms. The fourth-order valence-electron chi connectivity index (χ4n) is 3.53. The van der Waals surface area contributed by atoms with Crippen LogP contribution < -0.4 is 16.0 Å². The fraction of sp³-hybridized carbons (Fsp3) is 0.647. The number of benzene rings is 1. The van der Waals surface area contributed by atoms with Gasteiger partial charge in [-0.1, -0.05) is 44.7 Å². The number of rotatable bonds is 6. The van der Waals surface area contributed by atoms with Crippen LogP contribution in [0.3, 0.4) is 0 Å². The summed E-state index contributed by atoms with van der Waals surface area (Å²) in [4.78, 5) is 0. The Morgan fingerprint density at radius 1 is 1.20 bits per heavy atom. The Balaban J connectivity index is 1.97. The average Bonchev–Trinajstić information content (AvgIpc) is 2.51. The Bertz CT molecular complexity index is 382. The monoisotopic (exact) mass is 276 g/mol. The van der Waals surface area contributed by atoms with Gasteiger partial charge in [0.15, 0.2) is 0 Å². The third-order valence-corrected chi connectivity index (χ3v) is 4.71. The molecule has 3 nitrogen and oxygen atoms in total. The summed E-state index contributed by atoms with van der Waals surface area (Å²) < 4.78 is 5.22. The molecule has 1 aromatic rings. The Kier molecular flexibility index (Phi) is 5.86. The molecule has 1 atom stereocenters. The molecule has 3 heteroatoms. The van der Waals surface area contributed by atoms with Gasteiger partial charge in [-0.2, -0.15) is 0 Å². The van der Waals surface area contributed by atoms with E-state index in [2.05, 4.69) is 24.5 Å². The van der Waals surface area contributed by atoms with E-state index in [-0.39, 0.29) is 6.04 Å². The molecule has 0 aromatic heterocycles. The van der Waals surface area contributed by atoms with E-state index in [0.29, 0.717) is 5.92 Å². The molecule has 1 fully saturated rings. The number of nitrogens with one attached hydrogen (secondary N) is 1. The van der Waals surface area contributed by atoms with E-state index in [1.165, 1.54) is 44.1 Å². The maximum atomic E-state index is 5.82. The van der Waals surface area contributed by atoms with Crippen molar-refractivity contribution in [1.82, 2.24) is 5.43 Å². The molecular formula is C17H28N2O. The average molecular weight is 276 g/mol. The molecular weight excluding hydrogens is 248 g/mol.